The average molecular weight is 263 g/mol. The molecule has 1 aromatic carbocycles. The van der Waals surface area contributed by atoms with Crippen molar-refractivity contribution >= 4 is 5.69 Å². The van der Waals surface area contributed by atoms with Gasteiger partial charge in [0.05, 0.1) is 25.0 Å². The number of anilines is 1. The molecular weight excluding hydrogens is 242 g/mol. The summed E-state index contributed by atoms with van der Waals surface area (Å²) in [6, 6.07) is 7.55. The van der Waals surface area contributed by atoms with Crippen LogP contribution in [0.25, 0.3) is 0 Å². The summed E-state index contributed by atoms with van der Waals surface area (Å²) in [6.45, 7) is 3.26. The number of hydrogen-bond donors (Lipinski definition) is 1. The Morgan fingerprint density at radius 3 is 2.74 bits per heavy atom. The molecule has 0 aromatic heterocycles. The van der Waals surface area contributed by atoms with Gasteiger partial charge in [0.1, 0.15) is 11.8 Å². The van der Waals surface area contributed by atoms with Crippen LogP contribution >= 0.6 is 0 Å². The van der Waals surface area contributed by atoms with Gasteiger partial charge in [0.25, 0.3) is 0 Å². The van der Waals surface area contributed by atoms with E-state index in [0.717, 1.165) is 37.7 Å². The van der Waals surface area contributed by atoms with E-state index in [1.54, 1.807) is 26.4 Å². The van der Waals surface area contributed by atoms with Crippen LogP contribution < -0.4 is 10.1 Å². The van der Waals surface area contributed by atoms with E-state index in [4.69, 9.17) is 14.7 Å². The molecule has 1 N–H and O–H groups in total. The Hall–Kier alpha value is -1.77. The lowest BCUT2D eigenvalue weighted by molar-refractivity contribution is 0.163. The maximum Gasteiger partial charge on any atom is 0.121 e. The molecule has 5 nitrogen and oxygen atoms in total. The Morgan fingerprint density at radius 1 is 1.32 bits per heavy atom. The van der Waals surface area contributed by atoms with E-state index in [9.17, 15) is 0 Å². The fraction of sp³-hybridized carbons (Fsp3) is 0.500. The molecule has 0 aliphatic carbocycles. The van der Waals surface area contributed by atoms with Gasteiger partial charge in [-0.05, 0) is 19.2 Å². The molecule has 1 rings (SSSR count). The molecular formula is C14H21N3O2. The van der Waals surface area contributed by atoms with E-state index in [2.05, 4.69) is 16.3 Å². The monoisotopic (exact) mass is 263 g/mol. The van der Waals surface area contributed by atoms with Gasteiger partial charge in [-0.3, -0.25) is 0 Å². The number of hydrogen-bond acceptors (Lipinski definition) is 5. The van der Waals surface area contributed by atoms with E-state index in [0.29, 0.717) is 5.56 Å². The maximum atomic E-state index is 9.05. The van der Waals surface area contributed by atoms with Crippen LogP contribution in [0.4, 0.5) is 5.69 Å². The van der Waals surface area contributed by atoms with Crippen LogP contribution in [0, 0.1) is 11.3 Å². The Morgan fingerprint density at radius 2 is 2.11 bits per heavy atom. The lowest BCUT2D eigenvalue weighted by atomic mass is 10.2. The molecule has 0 bridgehead atoms. The third kappa shape index (κ3) is 5.16. The summed E-state index contributed by atoms with van der Waals surface area (Å²) in [7, 11) is 5.35. The molecule has 0 spiro atoms. The lowest BCUT2D eigenvalue weighted by Crippen LogP contribution is -2.28. The second-order valence-corrected chi connectivity index (χ2v) is 4.25. The summed E-state index contributed by atoms with van der Waals surface area (Å²) in [5, 5.41) is 12.3. The Kier molecular flexibility index (Phi) is 6.72. The number of ether oxygens (including phenoxy) is 2. The maximum absolute atomic E-state index is 9.05. The van der Waals surface area contributed by atoms with Crippen molar-refractivity contribution in [3.63, 3.8) is 0 Å². The summed E-state index contributed by atoms with van der Waals surface area (Å²) >= 11 is 0. The van der Waals surface area contributed by atoms with Crippen molar-refractivity contribution in [3.8, 4) is 11.8 Å². The van der Waals surface area contributed by atoms with Gasteiger partial charge in [-0.15, -0.1) is 0 Å². The molecule has 0 fully saturated rings. The summed E-state index contributed by atoms with van der Waals surface area (Å²) in [6.07, 6.45) is 0. The summed E-state index contributed by atoms with van der Waals surface area (Å²) in [4.78, 5) is 2.17. The van der Waals surface area contributed by atoms with Crippen LogP contribution in [0.15, 0.2) is 18.2 Å². The second-order valence-electron chi connectivity index (χ2n) is 4.25. The smallest absolute Gasteiger partial charge is 0.121 e. The van der Waals surface area contributed by atoms with E-state index in [1.165, 1.54) is 0 Å². The van der Waals surface area contributed by atoms with E-state index < -0.39 is 0 Å². The molecule has 0 saturated heterocycles. The summed E-state index contributed by atoms with van der Waals surface area (Å²) in [5.74, 6) is 0.745. The molecule has 0 aliphatic heterocycles. The standard InChI is InChI=1S/C14H21N3O2/c1-17(8-9-18-2)7-6-16-14-10-13(19-3)5-4-12(14)11-15/h4-5,10,16H,6-9H2,1-3H3. The number of benzene rings is 1. The molecule has 1 aromatic rings. The van der Waals surface area contributed by atoms with Crippen LogP contribution in [-0.4, -0.2) is 52.4 Å². The van der Waals surface area contributed by atoms with Gasteiger partial charge >= 0.3 is 0 Å². The van der Waals surface area contributed by atoms with Gasteiger partial charge in [-0.2, -0.15) is 5.26 Å². The van der Waals surface area contributed by atoms with Crippen molar-refractivity contribution in [2.45, 2.75) is 0 Å². The van der Waals surface area contributed by atoms with Gasteiger partial charge in [-0.25, -0.2) is 0 Å². The molecule has 0 amide bonds. The highest BCUT2D eigenvalue weighted by molar-refractivity contribution is 5.60. The highest BCUT2D eigenvalue weighted by Crippen LogP contribution is 2.21. The number of likely N-dealkylation sites (N-methyl/N-ethyl adjacent to an activating group) is 1. The topological polar surface area (TPSA) is 57.5 Å². The fourth-order valence-corrected chi connectivity index (χ4v) is 1.63. The molecule has 0 saturated carbocycles. The van der Waals surface area contributed by atoms with Crippen molar-refractivity contribution < 1.29 is 9.47 Å². The number of nitrogens with one attached hydrogen (secondary N) is 1. The molecule has 0 atom stereocenters. The van der Waals surface area contributed by atoms with Gasteiger partial charge in [0.15, 0.2) is 0 Å². The average Bonchev–Trinajstić information content (AvgIpc) is 2.44. The summed E-state index contributed by atoms with van der Waals surface area (Å²) < 4.78 is 10.2. The first kappa shape index (κ1) is 15.3. The number of methoxy groups -OCH3 is 2. The summed E-state index contributed by atoms with van der Waals surface area (Å²) in [5.41, 5.74) is 1.43. The quantitative estimate of drug-likeness (QED) is 0.771. The fourth-order valence-electron chi connectivity index (χ4n) is 1.63. The first-order chi connectivity index (χ1) is 9.21. The number of nitrogens with zero attached hydrogens (tertiary/aromatic N) is 2. The van der Waals surface area contributed by atoms with Crippen molar-refractivity contribution in [3.05, 3.63) is 23.8 Å². The van der Waals surface area contributed by atoms with Gasteiger partial charge in [0.2, 0.25) is 0 Å². The lowest BCUT2D eigenvalue weighted by Gasteiger charge is -2.17. The van der Waals surface area contributed by atoms with Crippen molar-refractivity contribution in [2.75, 3.05) is 52.8 Å². The Balaban J connectivity index is 2.50. The van der Waals surface area contributed by atoms with Crippen molar-refractivity contribution in [1.29, 1.82) is 5.26 Å². The van der Waals surface area contributed by atoms with Gasteiger partial charge in [-0.1, -0.05) is 0 Å². The molecule has 0 aliphatic rings. The zero-order chi connectivity index (χ0) is 14.1. The van der Waals surface area contributed by atoms with E-state index >= 15 is 0 Å². The Bertz CT molecular complexity index is 429. The third-order valence-corrected chi connectivity index (χ3v) is 2.83. The molecule has 104 valence electrons. The van der Waals surface area contributed by atoms with Crippen LogP contribution in [0.3, 0.4) is 0 Å². The van der Waals surface area contributed by atoms with Crippen LogP contribution in [0.5, 0.6) is 5.75 Å². The Labute approximate surface area is 114 Å². The highest BCUT2D eigenvalue weighted by atomic mass is 16.5. The third-order valence-electron chi connectivity index (χ3n) is 2.83. The largest absolute Gasteiger partial charge is 0.497 e. The predicted molar refractivity (Wildman–Crippen MR) is 75.6 cm³/mol. The van der Waals surface area contributed by atoms with Gasteiger partial charge in [0, 0.05) is 32.8 Å². The minimum atomic E-state index is 0.625. The normalized spacial score (nSPS) is 10.3. The minimum absolute atomic E-state index is 0.625. The number of nitriles is 1. The van der Waals surface area contributed by atoms with Crippen LogP contribution in [0.1, 0.15) is 5.56 Å². The van der Waals surface area contributed by atoms with Gasteiger partial charge < -0.3 is 19.7 Å². The second kappa shape index (κ2) is 8.35. The predicted octanol–water partition coefficient (Wildman–Crippen LogP) is 1.56. The highest BCUT2D eigenvalue weighted by Gasteiger charge is 2.04. The van der Waals surface area contributed by atoms with Crippen molar-refractivity contribution in [2.24, 2.45) is 0 Å². The zero-order valence-corrected chi connectivity index (χ0v) is 11.8. The molecule has 19 heavy (non-hydrogen) atoms. The van der Waals surface area contributed by atoms with E-state index in [1.807, 2.05) is 13.1 Å². The first-order valence-corrected chi connectivity index (χ1v) is 6.20. The first-order valence-electron chi connectivity index (χ1n) is 6.20. The molecule has 0 unspecified atom stereocenters. The molecule has 0 heterocycles. The van der Waals surface area contributed by atoms with E-state index in [-0.39, 0.29) is 0 Å². The minimum Gasteiger partial charge on any atom is -0.497 e. The zero-order valence-electron chi connectivity index (χ0n) is 11.8. The number of rotatable bonds is 8. The van der Waals surface area contributed by atoms with Crippen LogP contribution in [0.2, 0.25) is 0 Å². The molecule has 0 radical (unpaired) electrons. The molecule has 5 heteroatoms. The SMILES string of the molecule is COCCN(C)CCNc1cc(OC)ccc1C#N. The van der Waals surface area contributed by atoms with Crippen molar-refractivity contribution in [1.82, 2.24) is 4.90 Å². The van der Waals surface area contributed by atoms with Crippen LogP contribution in [-0.2, 0) is 4.74 Å².